The van der Waals surface area contributed by atoms with E-state index in [4.69, 9.17) is 4.99 Å². The van der Waals surface area contributed by atoms with Crippen LogP contribution in [0.2, 0.25) is 0 Å². The summed E-state index contributed by atoms with van der Waals surface area (Å²) in [6.45, 7) is 0. The van der Waals surface area contributed by atoms with Crippen LogP contribution in [0.15, 0.2) is 89.9 Å². The van der Waals surface area contributed by atoms with E-state index < -0.39 is 0 Å². The van der Waals surface area contributed by atoms with Crippen LogP contribution in [-0.4, -0.2) is 6.21 Å². The van der Waals surface area contributed by atoms with Gasteiger partial charge in [-0.25, -0.2) is 0 Å². The summed E-state index contributed by atoms with van der Waals surface area (Å²) in [5.74, 6) is 0. The van der Waals surface area contributed by atoms with E-state index in [1.807, 2.05) is 6.21 Å². The Kier molecular flexibility index (Phi) is 3.12. The minimum atomic E-state index is -0.323. The van der Waals surface area contributed by atoms with Crippen LogP contribution < -0.4 is 0 Å². The van der Waals surface area contributed by atoms with Gasteiger partial charge < -0.3 is 0 Å². The second kappa shape index (κ2) is 5.27. The van der Waals surface area contributed by atoms with E-state index >= 15 is 0 Å². The second-order valence-electron chi connectivity index (χ2n) is 5.73. The topological polar surface area (TPSA) is 12.4 Å². The summed E-state index contributed by atoms with van der Waals surface area (Å²) in [4.78, 5) is 5.02. The molecule has 4 rings (SSSR count). The van der Waals surface area contributed by atoms with Crippen molar-refractivity contribution in [2.24, 2.45) is 4.99 Å². The maximum Gasteiger partial charge on any atom is 0.115 e. The molecule has 1 aliphatic rings. The lowest BCUT2D eigenvalue weighted by Crippen LogP contribution is -2.31. The maximum atomic E-state index is 5.02. The van der Waals surface area contributed by atoms with Crippen LogP contribution in [-0.2, 0) is 12.0 Å². The van der Waals surface area contributed by atoms with E-state index in [-0.39, 0.29) is 5.54 Å². The molecule has 0 fully saturated rings. The molecule has 22 heavy (non-hydrogen) atoms. The molecule has 0 spiro atoms. The fourth-order valence-electron chi connectivity index (χ4n) is 3.27. The number of aliphatic imine (C=N–C) groups is 1. The van der Waals surface area contributed by atoms with Crippen LogP contribution >= 0.6 is 0 Å². The highest BCUT2D eigenvalue weighted by Crippen LogP contribution is 2.39. The van der Waals surface area contributed by atoms with E-state index in [9.17, 15) is 0 Å². The fraction of sp³-hybridized carbons (Fsp3) is 0.0952. The minimum Gasteiger partial charge on any atom is -0.276 e. The highest BCUT2D eigenvalue weighted by Gasteiger charge is 2.36. The van der Waals surface area contributed by atoms with Gasteiger partial charge >= 0.3 is 0 Å². The largest absolute Gasteiger partial charge is 0.276 e. The van der Waals surface area contributed by atoms with Crippen molar-refractivity contribution in [1.29, 1.82) is 0 Å². The Bertz CT molecular complexity index is 764. The van der Waals surface area contributed by atoms with E-state index in [1.54, 1.807) is 0 Å². The molecule has 0 aromatic heterocycles. The molecule has 1 nitrogen and oxygen atoms in total. The smallest absolute Gasteiger partial charge is 0.115 e. The van der Waals surface area contributed by atoms with Gasteiger partial charge in [0.2, 0.25) is 0 Å². The standard InChI is InChI=1S/C21H17N/c1-3-11-19(12-4-1)21(20-13-5-2-6-14-20)15-17-9-7-8-10-18(17)16-22-21/h1-14,16H,15H2. The Morgan fingerprint density at radius 1 is 0.636 bits per heavy atom. The molecule has 106 valence electrons. The normalized spacial score (nSPS) is 15.3. The molecule has 0 aliphatic carbocycles. The van der Waals surface area contributed by atoms with Crippen molar-refractivity contribution < 1.29 is 0 Å². The molecule has 0 bridgehead atoms. The predicted molar refractivity (Wildman–Crippen MR) is 91.4 cm³/mol. The van der Waals surface area contributed by atoms with Crippen molar-refractivity contribution in [2.75, 3.05) is 0 Å². The summed E-state index contributed by atoms with van der Waals surface area (Å²) in [6.07, 6.45) is 2.92. The molecule has 0 amide bonds. The Morgan fingerprint density at radius 2 is 1.18 bits per heavy atom. The number of rotatable bonds is 2. The number of benzene rings is 3. The zero-order valence-electron chi connectivity index (χ0n) is 12.3. The number of hydrogen-bond acceptors (Lipinski definition) is 1. The molecular weight excluding hydrogens is 266 g/mol. The van der Waals surface area contributed by atoms with Crippen LogP contribution in [0.25, 0.3) is 0 Å². The monoisotopic (exact) mass is 283 g/mol. The van der Waals surface area contributed by atoms with Crippen molar-refractivity contribution in [2.45, 2.75) is 12.0 Å². The molecule has 0 N–H and O–H groups in total. The molecule has 0 radical (unpaired) electrons. The second-order valence-corrected chi connectivity index (χ2v) is 5.73. The van der Waals surface area contributed by atoms with Gasteiger partial charge in [-0.05, 0) is 22.3 Å². The first kappa shape index (κ1) is 13.0. The van der Waals surface area contributed by atoms with Gasteiger partial charge in [0.1, 0.15) is 5.54 Å². The van der Waals surface area contributed by atoms with Crippen molar-refractivity contribution in [1.82, 2.24) is 0 Å². The minimum absolute atomic E-state index is 0.323. The van der Waals surface area contributed by atoms with Crippen LogP contribution in [0.5, 0.6) is 0 Å². The van der Waals surface area contributed by atoms with Gasteiger partial charge in [0.05, 0.1) is 0 Å². The molecule has 0 saturated carbocycles. The fourth-order valence-corrected chi connectivity index (χ4v) is 3.27. The lowest BCUT2D eigenvalue weighted by molar-refractivity contribution is 0.534. The molecule has 0 atom stereocenters. The molecule has 1 aliphatic heterocycles. The quantitative estimate of drug-likeness (QED) is 0.651. The van der Waals surface area contributed by atoms with Crippen LogP contribution in [0.4, 0.5) is 0 Å². The SMILES string of the molecule is C1=NC(c2ccccc2)(c2ccccc2)Cc2ccccc21. The molecule has 1 heteroatoms. The lowest BCUT2D eigenvalue weighted by atomic mass is 9.76. The van der Waals surface area contributed by atoms with E-state index in [0.29, 0.717) is 0 Å². The van der Waals surface area contributed by atoms with Crippen LogP contribution in [0.3, 0.4) is 0 Å². The highest BCUT2D eigenvalue weighted by atomic mass is 14.9. The van der Waals surface area contributed by atoms with E-state index in [0.717, 1.165) is 6.42 Å². The first-order chi connectivity index (χ1) is 10.9. The van der Waals surface area contributed by atoms with Gasteiger partial charge in [-0.1, -0.05) is 84.9 Å². The molecule has 0 saturated heterocycles. The van der Waals surface area contributed by atoms with Crippen molar-refractivity contribution in [3.8, 4) is 0 Å². The Morgan fingerprint density at radius 3 is 1.82 bits per heavy atom. The third-order valence-corrected chi connectivity index (χ3v) is 4.43. The first-order valence-electron chi connectivity index (χ1n) is 7.63. The molecule has 3 aromatic rings. The van der Waals surface area contributed by atoms with Gasteiger partial charge in [0, 0.05) is 12.6 Å². The van der Waals surface area contributed by atoms with Gasteiger partial charge in [-0.15, -0.1) is 0 Å². The number of hydrogen-bond donors (Lipinski definition) is 0. The Labute approximate surface area is 131 Å². The Balaban J connectivity index is 1.93. The van der Waals surface area contributed by atoms with Gasteiger partial charge in [0.25, 0.3) is 0 Å². The predicted octanol–water partition coefficient (Wildman–Crippen LogP) is 4.61. The summed E-state index contributed by atoms with van der Waals surface area (Å²) in [7, 11) is 0. The first-order valence-corrected chi connectivity index (χ1v) is 7.63. The zero-order valence-corrected chi connectivity index (χ0v) is 12.3. The van der Waals surface area contributed by atoms with Crippen molar-refractivity contribution >= 4 is 6.21 Å². The average molecular weight is 283 g/mol. The summed E-state index contributed by atoms with van der Waals surface area (Å²) < 4.78 is 0. The lowest BCUT2D eigenvalue weighted by Gasteiger charge is -2.34. The van der Waals surface area contributed by atoms with Crippen LogP contribution in [0, 0.1) is 0 Å². The van der Waals surface area contributed by atoms with E-state index in [1.165, 1.54) is 22.3 Å². The third-order valence-electron chi connectivity index (χ3n) is 4.43. The van der Waals surface area contributed by atoms with Crippen LogP contribution in [0.1, 0.15) is 22.3 Å². The summed E-state index contributed by atoms with van der Waals surface area (Å²) >= 11 is 0. The molecular formula is C21H17N. The average Bonchev–Trinajstić information content (AvgIpc) is 2.63. The van der Waals surface area contributed by atoms with Gasteiger partial charge in [0.15, 0.2) is 0 Å². The van der Waals surface area contributed by atoms with Crippen molar-refractivity contribution in [3.63, 3.8) is 0 Å². The zero-order chi connectivity index (χ0) is 14.8. The molecule has 1 heterocycles. The summed E-state index contributed by atoms with van der Waals surface area (Å²) in [5.41, 5.74) is 4.74. The summed E-state index contributed by atoms with van der Waals surface area (Å²) in [5, 5.41) is 0. The highest BCUT2D eigenvalue weighted by molar-refractivity contribution is 5.84. The summed E-state index contributed by atoms with van der Waals surface area (Å²) in [6, 6.07) is 29.7. The van der Waals surface area contributed by atoms with E-state index in [2.05, 4.69) is 84.9 Å². The maximum absolute atomic E-state index is 5.02. The molecule has 3 aromatic carbocycles. The van der Waals surface area contributed by atoms with Crippen molar-refractivity contribution in [3.05, 3.63) is 107 Å². The molecule has 0 unspecified atom stereocenters. The van der Waals surface area contributed by atoms with Gasteiger partial charge in [-0.3, -0.25) is 4.99 Å². The Hall–Kier alpha value is -2.67. The van der Waals surface area contributed by atoms with Gasteiger partial charge in [-0.2, -0.15) is 0 Å². The third kappa shape index (κ3) is 2.06. The number of fused-ring (bicyclic) bond motifs is 1. The number of nitrogens with zero attached hydrogens (tertiary/aromatic N) is 1.